The Morgan fingerprint density at radius 1 is 1.17 bits per heavy atom. The Bertz CT molecular complexity index is 1230. The van der Waals surface area contributed by atoms with Crippen LogP contribution in [0.4, 0.5) is 4.39 Å². The summed E-state index contributed by atoms with van der Waals surface area (Å²) >= 11 is 0. The van der Waals surface area contributed by atoms with E-state index in [1.165, 1.54) is 0 Å². The van der Waals surface area contributed by atoms with Crippen LogP contribution in [0.15, 0.2) is 51.9 Å². The summed E-state index contributed by atoms with van der Waals surface area (Å²) < 4.78 is 26.1. The van der Waals surface area contributed by atoms with Crippen molar-refractivity contribution in [3.05, 3.63) is 75.7 Å². The van der Waals surface area contributed by atoms with Gasteiger partial charge in [-0.05, 0) is 49.6 Å². The molecule has 3 aromatic heterocycles. The average Bonchev–Trinajstić information content (AvgIpc) is 3.07. The van der Waals surface area contributed by atoms with Gasteiger partial charge in [-0.1, -0.05) is 11.2 Å². The van der Waals surface area contributed by atoms with Crippen LogP contribution in [-0.2, 0) is 13.2 Å². The first-order valence-corrected chi connectivity index (χ1v) is 9.17. The Morgan fingerprint density at radius 3 is 2.62 bits per heavy atom. The highest BCUT2D eigenvalue weighted by atomic mass is 19.1. The second kappa shape index (κ2) is 7.50. The van der Waals surface area contributed by atoms with Crippen LogP contribution in [0.3, 0.4) is 0 Å². The zero-order valence-electron chi connectivity index (χ0n) is 16.4. The van der Waals surface area contributed by atoms with Gasteiger partial charge in [0.1, 0.15) is 18.2 Å². The molecule has 3 heterocycles. The first-order valence-electron chi connectivity index (χ1n) is 9.17. The molecule has 0 atom stereocenters. The topological polar surface area (TPSA) is 70.2 Å². The summed E-state index contributed by atoms with van der Waals surface area (Å²) in [5, 5.41) is 4.78. The molecule has 29 heavy (non-hydrogen) atoms. The molecule has 6 nitrogen and oxygen atoms in total. The number of hydrogen-bond acceptors (Lipinski definition) is 5. The van der Waals surface area contributed by atoms with Crippen LogP contribution in [0.5, 0.6) is 5.75 Å². The van der Waals surface area contributed by atoms with Crippen molar-refractivity contribution >= 4 is 10.9 Å². The smallest absolute Gasteiger partial charge is 0.257 e. The van der Waals surface area contributed by atoms with Crippen LogP contribution in [0.1, 0.15) is 22.7 Å². The molecule has 0 aliphatic carbocycles. The van der Waals surface area contributed by atoms with Gasteiger partial charge in [0, 0.05) is 11.8 Å². The SMILES string of the molecule is COc1ccc2cc(CF)c(=O)n(Cc3ccccn3)c2c1-c1c(C)noc1C. The lowest BCUT2D eigenvalue weighted by atomic mass is 9.98. The number of alkyl halides is 1. The number of halogens is 1. The second-order valence-electron chi connectivity index (χ2n) is 6.80. The molecular formula is C22H20FN3O3. The number of fused-ring (bicyclic) bond motifs is 1. The summed E-state index contributed by atoms with van der Waals surface area (Å²) in [6.07, 6.45) is 1.66. The third-order valence-corrected chi connectivity index (χ3v) is 4.98. The Balaban J connectivity index is 2.14. The number of methoxy groups -OCH3 is 1. The van der Waals surface area contributed by atoms with Gasteiger partial charge >= 0.3 is 0 Å². The Kier molecular flexibility index (Phi) is 4.88. The molecule has 0 saturated carbocycles. The van der Waals surface area contributed by atoms with Gasteiger partial charge in [-0.25, -0.2) is 4.39 Å². The number of rotatable bonds is 5. The normalized spacial score (nSPS) is 11.2. The summed E-state index contributed by atoms with van der Waals surface area (Å²) in [6.45, 7) is 3.00. The predicted octanol–water partition coefficient (Wildman–Crippen LogP) is 4.19. The maximum absolute atomic E-state index is 13.6. The van der Waals surface area contributed by atoms with Crippen molar-refractivity contribution in [2.75, 3.05) is 7.11 Å². The van der Waals surface area contributed by atoms with E-state index in [0.717, 1.165) is 10.9 Å². The van der Waals surface area contributed by atoms with Gasteiger partial charge in [-0.2, -0.15) is 0 Å². The number of nitrogens with zero attached hydrogens (tertiary/aromatic N) is 3. The standard InChI is InChI=1S/C22H20FN3O3/c1-13-19(14(2)29-25-13)20-18(28-3)8-7-15-10-16(11-23)22(27)26(21(15)20)12-17-6-4-5-9-24-17/h4-10H,11-12H2,1-3H3. The van der Waals surface area contributed by atoms with Crippen LogP contribution in [0.2, 0.25) is 0 Å². The molecule has 1 aromatic carbocycles. The van der Waals surface area contributed by atoms with E-state index in [1.54, 1.807) is 36.1 Å². The van der Waals surface area contributed by atoms with E-state index in [9.17, 15) is 9.18 Å². The second-order valence-corrected chi connectivity index (χ2v) is 6.80. The van der Waals surface area contributed by atoms with Gasteiger partial charge in [0.05, 0.1) is 41.7 Å². The quantitative estimate of drug-likeness (QED) is 0.508. The van der Waals surface area contributed by atoms with E-state index in [2.05, 4.69) is 10.1 Å². The van der Waals surface area contributed by atoms with Crippen LogP contribution in [0, 0.1) is 13.8 Å². The fourth-order valence-corrected chi connectivity index (χ4v) is 3.67. The maximum Gasteiger partial charge on any atom is 0.257 e. The molecule has 4 rings (SSSR count). The van der Waals surface area contributed by atoms with Crippen molar-refractivity contribution < 1.29 is 13.7 Å². The molecule has 0 radical (unpaired) electrons. The lowest BCUT2D eigenvalue weighted by Gasteiger charge is -2.18. The minimum absolute atomic E-state index is 0.100. The average molecular weight is 393 g/mol. The first-order chi connectivity index (χ1) is 14.0. The van der Waals surface area contributed by atoms with Crippen LogP contribution < -0.4 is 10.3 Å². The fraction of sp³-hybridized carbons (Fsp3) is 0.227. The molecule has 0 spiro atoms. The predicted molar refractivity (Wildman–Crippen MR) is 108 cm³/mol. The van der Waals surface area contributed by atoms with Crippen molar-refractivity contribution in [1.82, 2.24) is 14.7 Å². The zero-order chi connectivity index (χ0) is 20.5. The van der Waals surface area contributed by atoms with E-state index in [-0.39, 0.29) is 12.1 Å². The van der Waals surface area contributed by atoms with Crippen LogP contribution in [0.25, 0.3) is 22.0 Å². The summed E-state index contributed by atoms with van der Waals surface area (Å²) in [5.41, 5.74) is 3.16. The zero-order valence-corrected chi connectivity index (χ0v) is 16.4. The van der Waals surface area contributed by atoms with E-state index in [1.807, 2.05) is 32.0 Å². The fourth-order valence-electron chi connectivity index (χ4n) is 3.67. The highest BCUT2D eigenvalue weighted by Gasteiger charge is 2.23. The highest BCUT2D eigenvalue weighted by Crippen LogP contribution is 2.40. The van der Waals surface area contributed by atoms with Crippen molar-refractivity contribution in [3.8, 4) is 16.9 Å². The third-order valence-electron chi connectivity index (χ3n) is 4.98. The van der Waals surface area contributed by atoms with Gasteiger partial charge in [0.25, 0.3) is 5.56 Å². The van der Waals surface area contributed by atoms with Gasteiger partial charge in [0.2, 0.25) is 0 Å². The lowest BCUT2D eigenvalue weighted by Crippen LogP contribution is -2.25. The molecule has 0 aliphatic heterocycles. The summed E-state index contributed by atoms with van der Waals surface area (Å²) in [4.78, 5) is 17.5. The van der Waals surface area contributed by atoms with Crippen molar-refractivity contribution in [3.63, 3.8) is 0 Å². The first kappa shape index (κ1) is 18.9. The monoisotopic (exact) mass is 393 g/mol. The van der Waals surface area contributed by atoms with E-state index in [0.29, 0.717) is 34.0 Å². The molecule has 0 amide bonds. The van der Waals surface area contributed by atoms with E-state index in [4.69, 9.17) is 9.26 Å². The number of pyridine rings is 2. The summed E-state index contributed by atoms with van der Waals surface area (Å²) in [5.74, 6) is 1.19. The van der Waals surface area contributed by atoms with Crippen molar-refractivity contribution in [2.24, 2.45) is 0 Å². The van der Waals surface area contributed by atoms with Crippen molar-refractivity contribution in [2.45, 2.75) is 27.1 Å². The Labute approximate surface area is 166 Å². The molecule has 0 saturated heterocycles. The molecule has 0 unspecified atom stereocenters. The molecule has 148 valence electrons. The lowest BCUT2D eigenvalue weighted by molar-refractivity contribution is 0.393. The van der Waals surface area contributed by atoms with E-state index >= 15 is 0 Å². The third kappa shape index (κ3) is 3.18. The van der Waals surface area contributed by atoms with Gasteiger partial charge < -0.3 is 13.8 Å². The van der Waals surface area contributed by atoms with Crippen LogP contribution in [-0.4, -0.2) is 21.8 Å². The molecule has 0 bridgehead atoms. The molecule has 0 fully saturated rings. The number of hydrogen-bond donors (Lipinski definition) is 0. The molecular weight excluding hydrogens is 373 g/mol. The van der Waals surface area contributed by atoms with Crippen LogP contribution >= 0.6 is 0 Å². The number of aromatic nitrogens is 3. The van der Waals surface area contributed by atoms with Gasteiger partial charge in [-0.15, -0.1) is 0 Å². The molecule has 7 heteroatoms. The molecule has 0 aliphatic rings. The number of aryl methyl sites for hydroxylation is 2. The minimum atomic E-state index is -0.844. The summed E-state index contributed by atoms with van der Waals surface area (Å²) in [6, 6.07) is 10.7. The Hall–Kier alpha value is -3.48. The minimum Gasteiger partial charge on any atom is -0.496 e. The highest BCUT2D eigenvalue weighted by molar-refractivity contribution is 5.98. The maximum atomic E-state index is 13.6. The summed E-state index contributed by atoms with van der Waals surface area (Å²) in [7, 11) is 1.57. The van der Waals surface area contributed by atoms with Crippen molar-refractivity contribution in [1.29, 1.82) is 0 Å². The molecule has 4 aromatic rings. The van der Waals surface area contributed by atoms with E-state index < -0.39 is 12.2 Å². The number of ether oxygens (including phenoxy) is 1. The van der Waals surface area contributed by atoms with Gasteiger partial charge in [-0.3, -0.25) is 9.78 Å². The molecule has 0 N–H and O–H groups in total. The number of benzene rings is 1. The largest absolute Gasteiger partial charge is 0.496 e. The van der Waals surface area contributed by atoms with Gasteiger partial charge in [0.15, 0.2) is 0 Å². The Morgan fingerprint density at radius 2 is 2.00 bits per heavy atom.